The zero-order valence-electron chi connectivity index (χ0n) is 12.3. The molecule has 0 saturated carbocycles. The molecule has 0 amide bonds. The van der Waals surface area contributed by atoms with Crippen molar-refractivity contribution in [1.29, 1.82) is 0 Å². The number of carbonyl (C=O) groups is 1. The van der Waals surface area contributed by atoms with Crippen LogP contribution in [0.15, 0.2) is 29.4 Å². The standard InChI is InChI=1S/C14H20N2O4S/c1-14(2,3)6-7-16-21(19,20)12-8-11(9-15-10-12)4-5-13(17)18/h4-5,8-10,16H,6-7H2,1-3H3,(H,17,18)/b5-4+. The van der Waals surface area contributed by atoms with Gasteiger partial charge in [-0.1, -0.05) is 20.8 Å². The molecule has 116 valence electrons. The molecule has 0 aliphatic heterocycles. The fourth-order valence-electron chi connectivity index (χ4n) is 1.48. The van der Waals surface area contributed by atoms with Gasteiger partial charge in [0.15, 0.2) is 0 Å². The smallest absolute Gasteiger partial charge is 0.328 e. The van der Waals surface area contributed by atoms with Crippen molar-refractivity contribution in [1.82, 2.24) is 9.71 Å². The molecule has 0 radical (unpaired) electrons. The molecule has 2 N–H and O–H groups in total. The molecule has 0 unspecified atom stereocenters. The Balaban J connectivity index is 2.84. The number of sulfonamides is 1. The maximum Gasteiger partial charge on any atom is 0.328 e. The second-order valence-corrected chi connectivity index (χ2v) is 7.60. The van der Waals surface area contributed by atoms with Crippen LogP contribution in [0.4, 0.5) is 0 Å². The summed E-state index contributed by atoms with van der Waals surface area (Å²) in [5.74, 6) is -1.11. The monoisotopic (exact) mass is 312 g/mol. The Morgan fingerprint density at radius 3 is 2.62 bits per heavy atom. The van der Waals surface area contributed by atoms with Gasteiger partial charge in [0.1, 0.15) is 4.90 Å². The van der Waals surface area contributed by atoms with E-state index in [2.05, 4.69) is 9.71 Å². The number of nitrogens with zero attached hydrogens (tertiary/aromatic N) is 1. The van der Waals surface area contributed by atoms with E-state index in [4.69, 9.17) is 5.11 Å². The predicted molar refractivity (Wildman–Crippen MR) is 80.2 cm³/mol. The van der Waals surface area contributed by atoms with Crippen molar-refractivity contribution in [2.75, 3.05) is 6.54 Å². The summed E-state index contributed by atoms with van der Waals surface area (Å²) in [4.78, 5) is 14.3. The third-order valence-corrected chi connectivity index (χ3v) is 4.06. The maximum atomic E-state index is 12.1. The van der Waals surface area contributed by atoms with Crippen molar-refractivity contribution in [2.45, 2.75) is 32.1 Å². The van der Waals surface area contributed by atoms with Crippen LogP contribution < -0.4 is 4.72 Å². The van der Waals surface area contributed by atoms with Gasteiger partial charge in [-0.25, -0.2) is 17.9 Å². The van der Waals surface area contributed by atoms with Crippen LogP contribution in [-0.2, 0) is 14.8 Å². The van der Waals surface area contributed by atoms with Crippen molar-refractivity contribution in [3.63, 3.8) is 0 Å². The zero-order chi connectivity index (χ0) is 16.1. The lowest BCUT2D eigenvalue weighted by atomic mass is 9.93. The first kappa shape index (κ1) is 17.3. The minimum Gasteiger partial charge on any atom is -0.478 e. The van der Waals surface area contributed by atoms with Gasteiger partial charge < -0.3 is 5.11 Å². The Hall–Kier alpha value is -1.73. The maximum absolute atomic E-state index is 12.1. The van der Waals surface area contributed by atoms with Crippen molar-refractivity contribution in [2.24, 2.45) is 5.41 Å². The summed E-state index contributed by atoms with van der Waals surface area (Å²) in [6.07, 6.45) is 5.56. The average molecular weight is 312 g/mol. The minimum atomic E-state index is -3.64. The molecule has 0 saturated heterocycles. The molecule has 21 heavy (non-hydrogen) atoms. The summed E-state index contributed by atoms with van der Waals surface area (Å²) in [5.41, 5.74) is 0.448. The fourth-order valence-corrected chi connectivity index (χ4v) is 2.51. The lowest BCUT2D eigenvalue weighted by Crippen LogP contribution is -2.27. The molecule has 7 heteroatoms. The molecule has 0 bridgehead atoms. The van der Waals surface area contributed by atoms with Crippen LogP contribution in [0.25, 0.3) is 6.08 Å². The number of nitrogens with one attached hydrogen (secondary N) is 1. The number of hydrogen-bond acceptors (Lipinski definition) is 4. The topological polar surface area (TPSA) is 96.4 Å². The van der Waals surface area contributed by atoms with Crippen LogP contribution in [0.1, 0.15) is 32.8 Å². The van der Waals surface area contributed by atoms with Gasteiger partial charge in [0, 0.05) is 25.0 Å². The van der Waals surface area contributed by atoms with Crippen molar-refractivity contribution in [3.8, 4) is 0 Å². The average Bonchev–Trinajstić information content (AvgIpc) is 2.35. The summed E-state index contributed by atoms with van der Waals surface area (Å²) < 4.78 is 26.7. The Labute approximate surface area is 125 Å². The van der Waals surface area contributed by atoms with Crippen LogP contribution in [0.5, 0.6) is 0 Å². The third-order valence-electron chi connectivity index (χ3n) is 2.63. The van der Waals surface area contributed by atoms with Crippen molar-refractivity contribution in [3.05, 3.63) is 30.1 Å². The van der Waals surface area contributed by atoms with Gasteiger partial charge in [-0.15, -0.1) is 0 Å². The Kier molecular flexibility index (Phi) is 5.62. The van der Waals surface area contributed by atoms with E-state index in [1.165, 1.54) is 24.5 Å². The quantitative estimate of drug-likeness (QED) is 0.782. The van der Waals surface area contributed by atoms with Crippen LogP contribution in [-0.4, -0.2) is 31.0 Å². The predicted octanol–water partition coefficient (Wildman–Crippen LogP) is 1.89. The van der Waals surface area contributed by atoms with E-state index in [1.807, 2.05) is 20.8 Å². The summed E-state index contributed by atoms with van der Waals surface area (Å²) in [7, 11) is -3.64. The fraction of sp³-hybridized carbons (Fsp3) is 0.429. The third kappa shape index (κ3) is 6.50. The molecule has 0 spiro atoms. The van der Waals surface area contributed by atoms with E-state index >= 15 is 0 Å². The van der Waals surface area contributed by atoms with Gasteiger partial charge in [0.25, 0.3) is 0 Å². The molecule has 0 fully saturated rings. The lowest BCUT2D eigenvalue weighted by molar-refractivity contribution is -0.131. The first-order chi connectivity index (χ1) is 9.60. The van der Waals surface area contributed by atoms with E-state index in [0.717, 1.165) is 6.08 Å². The molecule has 1 rings (SSSR count). The van der Waals surface area contributed by atoms with E-state index < -0.39 is 16.0 Å². The first-order valence-electron chi connectivity index (χ1n) is 6.46. The van der Waals surface area contributed by atoms with Crippen LogP contribution in [0, 0.1) is 5.41 Å². The second-order valence-electron chi connectivity index (χ2n) is 5.83. The highest BCUT2D eigenvalue weighted by atomic mass is 32.2. The van der Waals surface area contributed by atoms with Crippen LogP contribution in [0.2, 0.25) is 0 Å². The molecular weight excluding hydrogens is 292 g/mol. The highest BCUT2D eigenvalue weighted by Crippen LogP contribution is 2.18. The van der Waals surface area contributed by atoms with E-state index in [0.29, 0.717) is 18.5 Å². The number of pyridine rings is 1. The van der Waals surface area contributed by atoms with Gasteiger partial charge in [0.2, 0.25) is 10.0 Å². The number of hydrogen-bond donors (Lipinski definition) is 2. The summed E-state index contributed by atoms with van der Waals surface area (Å²) in [6.45, 7) is 6.42. The van der Waals surface area contributed by atoms with Gasteiger partial charge in [0.05, 0.1) is 0 Å². The number of carboxylic acids is 1. The molecule has 0 aliphatic carbocycles. The number of aliphatic carboxylic acids is 1. The Morgan fingerprint density at radius 1 is 1.38 bits per heavy atom. The molecular formula is C14H20N2O4S. The summed E-state index contributed by atoms with van der Waals surface area (Å²) in [6, 6.07) is 1.38. The molecule has 0 aliphatic rings. The summed E-state index contributed by atoms with van der Waals surface area (Å²) >= 11 is 0. The van der Waals surface area contributed by atoms with Crippen LogP contribution >= 0.6 is 0 Å². The van der Waals surface area contributed by atoms with Crippen molar-refractivity contribution < 1.29 is 18.3 Å². The number of carboxylic acid groups (broad SMARTS) is 1. The first-order valence-corrected chi connectivity index (χ1v) is 7.94. The SMILES string of the molecule is CC(C)(C)CCNS(=O)(=O)c1cncc(/C=C/C(=O)O)c1. The van der Waals surface area contributed by atoms with Crippen LogP contribution in [0.3, 0.4) is 0 Å². The van der Waals surface area contributed by atoms with Gasteiger partial charge in [-0.2, -0.15) is 0 Å². The highest BCUT2D eigenvalue weighted by molar-refractivity contribution is 7.89. The second kappa shape index (κ2) is 6.82. The molecule has 0 atom stereocenters. The largest absolute Gasteiger partial charge is 0.478 e. The molecule has 6 nitrogen and oxygen atoms in total. The van der Waals surface area contributed by atoms with E-state index in [-0.39, 0.29) is 10.3 Å². The van der Waals surface area contributed by atoms with Gasteiger partial charge >= 0.3 is 5.97 Å². The molecule has 0 aromatic carbocycles. The zero-order valence-corrected chi connectivity index (χ0v) is 13.1. The summed E-state index contributed by atoms with van der Waals surface area (Å²) in [5, 5.41) is 8.56. The van der Waals surface area contributed by atoms with Crippen molar-refractivity contribution >= 4 is 22.1 Å². The number of aromatic nitrogens is 1. The molecule has 1 heterocycles. The van der Waals surface area contributed by atoms with Gasteiger partial charge in [-0.3, -0.25) is 4.98 Å². The minimum absolute atomic E-state index is 0.0175. The van der Waals surface area contributed by atoms with E-state index in [1.54, 1.807) is 0 Å². The highest BCUT2D eigenvalue weighted by Gasteiger charge is 2.16. The van der Waals surface area contributed by atoms with E-state index in [9.17, 15) is 13.2 Å². The Bertz CT molecular complexity index is 631. The molecule has 1 aromatic heterocycles. The number of rotatable bonds is 6. The molecule has 1 aromatic rings. The normalized spacial score (nSPS) is 12.7. The van der Waals surface area contributed by atoms with Gasteiger partial charge in [-0.05, 0) is 29.5 Å². The lowest BCUT2D eigenvalue weighted by Gasteiger charge is -2.18. The Morgan fingerprint density at radius 2 is 2.05 bits per heavy atom.